The number of imide groups is 1. The molecule has 4 rings (SSSR count). The van der Waals surface area contributed by atoms with Gasteiger partial charge in [0, 0.05) is 6.92 Å². The van der Waals surface area contributed by atoms with E-state index in [1.807, 2.05) is 36.4 Å². The average molecular weight is 395 g/mol. The summed E-state index contributed by atoms with van der Waals surface area (Å²) >= 11 is 1.96. The summed E-state index contributed by atoms with van der Waals surface area (Å²) in [6.07, 6.45) is 0. The van der Waals surface area contributed by atoms with Gasteiger partial charge in [0.15, 0.2) is 10.8 Å². The zero-order chi connectivity index (χ0) is 19.0. The topological polar surface area (TPSA) is 70.1 Å². The second kappa shape index (κ2) is 7.05. The van der Waals surface area contributed by atoms with E-state index in [0.29, 0.717) is 16.4 Å². The Kier molecular flexibility index (Phi) is 4.59. The number of carbonyl (C=O) groups excluding carboxylic acids is 3. The highest BCUT2D eigenvalue weighted by atomic mass is 32.2. The molecule has 27 heavy (non-hydrogen) atoms. The predicted molar refractivity (Wildman–Crippen MR) is 109 cm³/mol. The van der Waals surface area contributed by atoms with Gasteiger partial charge in [-0.2, -0.15) is 5.10 Å². The normalized spacial score (nSPS) is 19.7. The van der Waals surface area contributed by atoms with Gasteiger partial charge in [0.2, 0.25) is 0 Å². The molecule has 1 fully saturated rings. The van der Waals surface area contributed by atoms with Crippen LogP contribution in [-0.2, 0) is 9.59 Å². The summed E-state index contributed by atoms with van der Waals surface area (Å²) in [5, 5.41) is 6.26. The molecule has 0 aromatic heterocycles. The third-order valence-electron chi connectivity index (χ3n) is 3.86. The molecule has 2 aliphatic rings. The number of nitrogens with zero attached hydrogens (tertiary/aromatic N) is 3. The van der Waals surface area contributed by atoms with E-state index in [4.69, 9.17) is 0 Å². The van der Waals surface area contributed by atoms with Gasteiger partial charge in [0.25, 0.3) is 11.1 Å². The Morgan fingerprint density at radius 2 is 1.48 bits per heavy atom. The number of hydrazone groups is 1. The van der Waals surface area contributed by atoms with Crippen molar-refractivity contribution in [3.63, 3.8) is 0 Å². The molecule has 0 radical (unpaired) electrons. The lowest BCUT2D eigenvalue weighted by Crippen LogP contribution is -2.28. The Balaban J connectivity index is 1.78. The summed E-state index contributed by atoms with van der Waals surface area (Å²) in [7, 11) is 0. The number of benzene rings is 2. The highest BCUT2D eigenvalue weighted by molar-refractivity contribution is 8.22. The highest BCUT2D eigenvalue weighted by Crippen LogP contribution is 2.44. The average Bonchev–Trinajstić information content (AvgIpc) is 3.24. The van der Waals surface area contributed by atoms with Crippen molar-refractivity contribution in [3.8, 4) is 0 Å². The Hall–Kier alpha value is -2.84. The Bertz CT molecular complexity index is 1000. The first-order valence-electron chi connectivity index (χ1n) is 8.04. The van der Waals surface area contributed by atoms with Crippen molar-refractivity contribution >= 4 is 56.9 Å². The maximum absolute atomic E-state index is 13.0. The Morgan fingerprint density at radius 3 is 2.07 bits per heavy atom. The fraction of sp³-hybridized carbons (Fsp3) is 0.0526. The zero-order valence-electron chi connectivity index (χ0n) is 14.2. The summed E-state index contributed by atoms with van der Waals surface area (Å²) in [6.45, 7) is 1.42. The molecule has 0 atom stereocenters. The molecule has 2 aromatic carbocycles. The van der Waals surface area contributed by atoms with Gasteiger partial charge in [-0.1, -0.05) is 36.4 Å². The number of hydrogen-bond acceptors (Lipinski definition) is 7. The Labute approximate surface area is 163 Å². The lowest BCUT2D eigenvalue weighted by Gasteiger charge is -2.16. The van der Waals surface area contributed by atoms with Crippen LogP contribution in [0.5, 0.6) is 0 Å². The largest absolute Gasteiger partial charge is 0.298 e. The van der Waals surface area contributed by atoms with Crippen LogP contribution in [0.25, 0.3) is 0 Å². The number of ketones is 1. The number of amides is 2. The van der Waals surface area contributed by atoms with Gasteiger partial charge in [-0.3, -0.25) is 14.4 Å². The van der Waals surface area contributed by atoms with E-state index in [2.05, 4.69) is 5.10 Å². The minimum absolute atomic E-state index is 0.196. The van der Waals surface area contributed by atoms with Gasteiger partial charge in [-0.05, 0) is 47.8 Å². The van der Waals surface area contributed by atoms with Crippen molar-refractivity contribution in [2.75, 3.05) is 9.91 Å². The van der Waals surface area contributed by atoms with E-state index in [1.54, 1.807) is 29.3 Å². The number of Topliss-reactive ketones (excluding diaryl/α,β-unsaturated/α-hetero) is 1. The van der Waals surface area contributed by atoms with Crippen LogP contribution in [0, 0.1) is 0 Å². The first-order chi connectivity index (χ1) is 13.1. The second-order valence-corrected chi connectivity index (χ2v) is 7.63. The summed E-state index contributed by atoms with van der Waals surface area (Å²) < 4.78 is 0. The standard InChI is InChI=1S/C19H13N3O3S2/c1-12(23)16-20-22(14-10-6-3-7-11-14)18(27-16)15-17(24)21(19(25)26-15)13-8-4-2-5-9-13/h2-11H,1H3/b18-15+. The zero-order valence-corrected chi connectivity index (χ0v) is 15.8. The van der Waals surface area contributed by atoms with Crippen molar-refractivity contribution in [2.24, 2.45) is 5.10 Å². The molecule has 1 saturated heterocycles. The van der Waals surface area contributed by atoms with Crippen LogP contribution >= 0.6 is 23.5 Å². The number of carbonyl (C=O) groups is 3. The van der Waals surface area contributed by atoms with Gasteiger partial charge < -0.3 is 0 Å². The minimum atomic E-state index is -0.417. The Morgan fingerprint density at radius 1 is 0.889 bits per heavy atom. The summed E-state index contributed by atoms with van der Waals surface area (Å²) in [5.41, 5.74) is 1.22. The number of anilines is 2. The lowest BCUT2D eigenvalue weighted by atomic mass is 10.3. The van der Waals surface area contributed by atoms with E-state index in [9.17, 15) is 14.4 Å². The third-order valence-corrected chi connectivity index (χ3v) is 6.05. The number of rotatable bonds is 3. The number of thioether (sulfide) groups is 2. The quantitative estimate of drug-likeness (QED) is 0.725. The van der Waals surface area contributed by atoms with Gasteiger partial charge >= 0.3 is 0 Å². The molecule has 2 amide bonds. The molecule has 0 aliphatic carbocycles. The first-order valence-corrected chi connectivity index (χ1v) is 9.67. The van der Waals surface area contributed by atoms with Crippen molar-refractivity contribution in [3.05, 3.63) is 70.6 Å². The van der Waals surface area contributed by atoms with E-state index in [1.165, 1.54) is 6.92 Å². The van der Waals surface area contributed by atoms with E-state index in [0.717, 1.165) is 28.4 Å². The maximum Gasteiger partial charge on any atom is 0.298 e. The molecule has 6 nitrogen and oxygen atoms in total. The molecule has 0 saturated carbocycles. The monoisotopic (exact) mass is 395 g/mol. The van der Waals surface area contributed by atoms with Gasteiger partial charge in [-0.25, -0.2) is 9.91 Å². The molecule has 0 bridgehead atoms. The van der Waals surface area contributed by atoms with Crippen LogP contribution in [0.15, 0.2) is 75.7 Å². The van der Waals surface area contributed by atoms with Crippen LogP contribution in [0.2, 0.25) is 0 Å². The van der Waals surface area contributed by atoms with Crippen LogP contribution in [0.1, 0.15) is 6.92 Å². The van der Waals surface area contributed by atoms with Crippen LogP contribution in [0.4, 0.5) is 16.2 Å². The summed E-state index contributed by atoms with van der Waals surface area (Å²) in [5.74, 6) is -0.613. The fourth-order valence-corrected chi connectivity index (χ4v) is 4.54. The molecule has 0 spiro atoms. The van der Waals surface area contributed by atoms with E-state index >= 15 is 0 Å². The first kappa shape index (κ1) is 17.6. The fourth-order valence-electron chi connectivity index (χ4n) is 2.62. The van der Waals surface area contributed by atoms with Gasteiger partial charge in [-0.15, -0.1) is 0 Å². The van der Waals surface area contributed by atoms with Crippen LogP contribution in [-0.4, -0.2) is 22.0 Å². The predicted octanol–water partition coefficient (Wildman–Crippen LogP) is 4.21. The smallest absolute Gasteiger partial charge is 0.292 e. The molecular weight excluding hydrogens is 382 g/mol. The van der Waals surface area contributed by atoms with Gasteiger partial charge in [0.1, 0.15) is 9.93 Å². The molecular formula is C19H13N3O3S2. The summed E-state index contributed by atoms with van der Waals surface area (Å²) in [6, 6.07) is 18.0. The minimum Gasteiger partial charge on any atom is -0.292 e. The lowest BCUT2D eigenvalue weighted by molar-refractivity contribution is -0.113. The maximum atomic E-state index is 13.0. The molecule has 8 heteroatoms. The third kappa shape index (κ3) is 3.17. The number of para-hydroxylation sites is 2. The molecule has 2 aromatic rings. The van der Waals surface area contributed by atoms with E-state index < -0.39 is 5.91 Å². The second-order valence-electron chi connectivity index (χ2n) is 5.69. The SMILES string of the molecule is CC(=O)C1=NN(c2ccccc2)/C(=C2\SC(=O)N(c3ccccc3)C2=O)S1. The molecule has 0 unspecified atom stereocenters. The van der Waals surface area contributed by atoms with Crippen molar-refractivity contribution in [1.82, 2.24) is 0 Å². The molecule has 0 N–H and O–H groups in total. The molecule has 2 heterocycles. The highest BCUT2D eigenvalue weighted by Gasteiger charge is 2.42. The van der Waals surface area contributed by atoms with Crippen molar-refractivity contribution in [1.29, 1.82) is 0 Å². The van der Waals surface area contributed by atoms with Crippen molar-refractivity contribution < 1.29 is 14.4 Å². The van der Waals surface area contributed by atoms with E-state index in [-0.39, 0.29) is 21.0 Å². The van der Waals surface area contributed by atoms with Crippen molar-refractivity contribution in [2.45, 2.75) is 6.92 Å². The number of hydrogen-bond donors (Lipinski definition) is 0. The summed E-state index contributed by atoms with van der Waals surface area (Å²) in [4.78, 5) is 38.8. The van der Waals surface area contributed by atoms with Crippen LogP contribution in [0.3, 0.4) is 0 Å². The molecule has 134 valence electrons. The van der Waals surface area contributed by atoms with Gasteiger partial charge in [0.05, 0.1) is 11.4 Å². The van der Waals surface area contributed by atoms with Crippen LogP contribution < -0.4 is 9.91 Å². The molecule has 2 aliphatic heterocycles.